The van der Waals surface area contributed by atoms with E-state index in [0.717, 1.165) is 6.54 Å². The minimum Gasteiger partial charge on any atom is -0.354 e. The molecule has 1 fully saturated rings. The molecule has 1 aliphatic rings. The Balaban J connectivity index is 2.43. The summed E-state index contributed by atoms with van der Waals surface area (Å²) in [5.74, 6) is 0. The fraction of sp³-hybridized carbons (Fsp3) is 0.636. The van der Waals surface area contributed by atoms with Gasteiger partial charge < -0.3 is 10.3 Å². The summed E-state index contributed by atoms with van der Waals surface area (Å²) in [7, 11) is 2.12. The summed E-state index contributed by atoms with van der Waals surface area (Å²) in [6.07, 6.45) is 6.01. The number of nitrogens with two attached hydrogens (primary N) is 1. The molecule has 1 aromatic heterocycles. The Morgan fingerprint density at radius 2 is 2.23 bits per heavy atom. The van der Waals surface area contributed by atoms with Gasteiger partial charge in [0.25, 0.3) is 0 Å². The molecule has 0 spiro atoms. The average Bonchev–Trinajstić information content (AvgIpc) is 2.35. The van der Waals surface area contributed by atoms with Gasteiger partial charge in [-0.2, -0.15) is 0 Å². The maximum Gasteiger partial charge on any atom is 0.0276 e. The number of aromatic nitrogens is 1. The Morgan fingerprint density at radius 3 is 2.54 bits per heavy atom. The van der Waals surface area contributed by atoms with Gasteiger partial charge in [0.05, 0.1) is 0 Å². The second kappa shape index (κ2) is 2.88. The van der Waals surface area contributed by atoms with Crippen LogP contribution in [0, 0.1) is 6.92 Å². The van der Waals surface area contributed by atoms with E-state index in [1.807, 2.05) is 0 Å². The third-order valence-corrected chi connectivity index (χ3v) is 3.48. The van der Waals surface area contributed by atoms with E-state index < -0.39 is 0 Å². The minimum atomic E-state index is 0.308. The Morgan fingerprint density at radius 1 is 1.54 bits per heavy atom. The van der Waals surface area contributed by atoms with Gasteiger partial charge in [-0.15, -0.1) is 0 Å². The van der Waals surface area contributed by atoms with Crippen LogP contribution >= 0.6 is 0 Å². The monoisotopic (exact) mass is 178 g/mol. The van der Waals surface area contributed by atoms with Gasteiger partial charge in [0, 0.05) is 30.9 Å². The third-order valence-electron chi connectivity index (χ3n) is 3.48. The molecule has 0 radical (unpaired) electrons. The van der Waals surface area contributed by atoms with E-state index in [1.54, 1.807) is 0 Å². The van der Waals surface area contributed by atoms with Gasteiger partial charge in [-0.05, 0) is 31.4 Å². The molecule has 2 N–H and O–H groups in total. The van der Waals surface area contributed by atoms with Gasteiger partial charge in [-0.1, -0.05) is 6.42 Å². The molecule has 0 atom stereocenters. The van der Waals surface area contributed by atoms with Crippen molar-refractivity contribution in [2.45, 2.75) is 31.6 Å². The number of rotatable bonds is 2. The van der Waals surface area contributed by atoms with E-state index >= 15 is 0 Å². The number of hydrogen-bond acceptors (Lipinski definition) is 1. The predicted octanol–water partition coefficient (Wildman–Crippen LogP) is 1.71. The van der Waals surface area contributed by atoms with Crippen LogP contribution in [-0.2, 0) is 12.5 Å². The molecule has 13 heavy (non-hydrogen) atoms. The van der Waals surface area contributed by atoms with E-state index in [2.05, 4.69) is 30.8 Å². The van der Waals surface area contributed by atoms with Crippen LogP contribution in [0.25, 0.3) is 0 Å². The summed E-state index contributed by atoms with van der Waals surface area (Å²) in [5.41, 5.74) is 9.05. The standard InChI is InChI=1S/C11H18N2/c1-9-4-7-13(2)10(9)11(8-12)5-3-6-11/h4,7H,3,5-6,8,12H2,1-2H3. The number of nitrogens with zero attached hydrogens (tertiary/aromatic N) is 1. The summed E-state index contributed by atoms with van der Waals surface area (Å²) in [4.78, 5) is 0. The van der Waals surface area contributed by atoms with Crippen molar-refractivity contribution in [1.82, 2.24) is 4.57 Å². The van der Waals surface area contributed by atoms with E-state index in [-0.39, 0.29) is 0 Å². The fourth-order valence-electron chi connectivity index (χ4n) is 2.59. The first-order chi connectivity index (χ1) is 6.19. The van der Waals surface area contributed by atoms with E-state index in [1.165, 1.54) is 30.5 Å². The molecule has 0 saturated heterocycles. The highest BCUT2D eigenvalue weighted by atomic mass is 15.0. The van der Waals surface area contributed by atoms with Crippen molar-refractivity contribution < 1.29 is 0 Å². The van der Waals surface area contributed by atoms with Crippen LogP contribution in [0.15, 0.2) is 12.3 Å². The second-order valence-electron chi connectivity index (χ2n) is 4.30. The second-order valence-corrected chi connectivity index (χ2v) is 4.30. The molecule has 0 aromatic carbocycles. The maximum absolute atomic E-state index is 5.88. The first kappa shape index (κ1) is 8.82. The highest BCUT2D eigenvalue weighted by molar-refractivity contribution is 5.31. The van der Waals surface area contributed by atoms with Crippen molar-refractivity contribution in [1.29, 1.82) is 0 Å². The van der Waals surface area contributed by atoms with E-state index in [9.17, 15) is 0 Å². The van der Waals surface area contributed by atoms with Gasteiger partial charge in [0.15, 0.2) is 0 Å². The average molecular weight is 178 g/mol. The molecular weight excluding hydrogens is 160 g/mol. The normalized spacial score (nSPS) is 19.9. The van der Waals surface area contributed by atoms with Crippen molar-refractivity contribution >= 4 is 0 Å². The zero-order valence-electron chi connectivity index (χ0n) is 8.51. The maximum atomic E-state index is 5.88. The quantitative estimate of drug-likeness (QED) is 0.734. The lowest BCUT2D eigenvalue weighted by molar-refractivity contribution is 0.239. The first-order valence-corrected chi connectivity index (χ1v) is 5.02. The summed E-state index contributed by atoms with van der Waals surface area (Å²) < 4.78 is 2.24. The molecule has 0 amide bonds. The smallest absolute Gasteiger partial charge is 0.0276 e. The fourth-order valence-corrected chi connectivity index (χ4v) is 2.59. The van der Waals surface area contributed by atoms with Crippen molar-refractivity contribution in [2.75, 3.05) is 6.54 Å². The summed E-state index contributed by atoms with van der Waals surface area (Å²) in [6.45, 7) is 2.98. The highest BCUT2D eigenvalue weighted by Gasteiger charge is 2.39. The summed E-state index contributed by atoms with van der Waals surface area (Å²) >= 11 is 0. The molecule has 2 nitrogen and oxygen atoms in total. The largest absolute Gasteiger partial charge is 0.354 e. The van der Waals surface area contributed by atoms with Crippen molar-refractivity contribution in [3.05, 3.63) is 23.5 Å². The SMILES string of the molecule is Cc1ccn(C)c1C1(CN)CCC1. The van der Waals surface area contributed by atoms with Crippen LogP contribution in [0.2, 0.25) is 0 Å². The van der Waals surface area contributed by atoms with Crippen molar-refractivity contribution in [3.63, 3.8) is 0 Å². The molecule has 1 aromatic rings. The molecule has 2 rings (SSSR count). The van der Waals surface area contributed by atoms with Crippen LogP contribution in [0.3, 0.4) is 0 Å². The lowest BCUT2D eigenvalue weighted by atomic mass is 9.66. The molecule has 0 aliphatic heterocycles. The van der Waals surface area contributed by atoms with Gasteiger partial charge in [0.2, 0.25) is 0 Å². The summed E-state index contributed by atoms with van der Waals surface area (Å²) in [6, 6.07) is 2.19. The number of aryl methyl sites for hydroxylation is 2. The van der Waals surface area contributed by atoms with Crippen LogP contribution in [0.5, 0.6) is 0 Å². The Bertz CT molecular complexity index is 283. The molecule has 1 aliphatic carbocycles. The molecule has 72 valence electrons. The zero-order chi connectivity index (χ0) is 9.47. The van der Waals surface area contributed by atoms with Gasteiger partial charge in [-0.25, -0.2) is 0 Å². The minimum absolute atomic E-state index is 0.308. The molecule has 0 bridgehead atoms. The Hall–Kier alpha value is -0.760. The van der Waals surface area contributed by atoms with Crippen LogP contribution < -0.4 is 5.73 Å². The van der Waals surface area contributed by atoms with Gasteiger partial charge in [0.1, 0.15) is 0 Å². The topological polar surface area (TPSA) is 30.9 Å². The van der Waals surface area contributed by atoms with Gasteiger partial charge >= 0.3 is 0 Å². The Kier molecular flexibility index (Phi) is 1.95. The lowest BCUT2D eigenvalue weighted by Crippen LogP contribution is -2.43. The van der Waals surface area contributed by atoms with Crippen LogP contribution in [0.4, 0.5) is 0 Å². The van der Waals surface area contributed by atoms with Crippen molar-refractivity contribution in [2.24, 2.45) is 12.8 Å². The van der Waals surface area contributed by atoms with E-state index in [4.69, 9.17) is 5.73 Å². The third kappa shape index (κ3) is 1.12. The molecular formula is C11H18N2. The van der Waals surface area contributed by atoms with Crippen molar-refractivity contribution in [3.8, 4) is 0 Å². The van der Waals surface area contributed by atoms with Crippen LogP contribution in [-0.4, -0.2) is 11.1 Å². The van der Waals surface area contributed by atoms with Crippen LogP contribution in [0.1, 0.15) is 30.5 Å². The molecule has 1 saturated carbocycles. The Labute approximate surface area is 79.7 Å². The van der Waals surface area contributed by atoms with E-state index in [0.29, 0.717) is 5.41 Å². The summed E-state index contributed by atoms with van der Waals surface area (Å²) in [5, 5.41) is 0. The molecule has 0 unspecified atom stereocenters. The highest BCUT2D eigenvalue weighted by Crippen LogP contribution is 2.43. The molecule has 1 heterocycles. The lowest BCUT2D eigenvalue weighted by Gasteiger charge is -2.42. The zero-order valence-corrected chi connectivity index (χ0v) is 8.51. The first-order valence-electron chi connectivity index (χ1n) is 5.02. The number of hydrogen-bond donors (Lipinski definition) is 1. The van der Waals surface area contributed by atoms with Gasteiger partial charge in [-0.3, -0.25) is 0 Å². The molecule has 2 heteroatoms. The predicted molar refractivity (Wildman–Crippen MR) is 54.7 cm³/mol.